The van der Waals surface area contributed by atoms with Crippen LogP contribution in [0.25, 0.3) is 0 Å². The average molecular weight is 343 g/mol. The van der Waals surface area contributed by atoms with Crippen molar-refractivity contribution in [1.29, 1.82) is 0 Å². The Labute approximate surface area is 141 Å². The van der Waals surface area contributed by atoms with Gasteiger partial charge in [0.25, 0.3) is 0 Å². The molecule has 1 rings (SSSR count). The third-order valence-corrected chi connectivity index (χ3v) is 6.31. The molecule has 23 heavy (non-hydrogen) atoms. The van der Waals surface area contributed by atoms with E-state index in [0.29, 0.717) is 19.8 Å². The number of benzene rings is 1. The highest BCUT2D eigenvalue weighted by Gasteiger charge is 2.40. The minimum Gasteiger partial charge on any atom is -0.373 e. The van der Waals surface area contributed by atoms with Gasteiger partial charge in [-0.25, -0.2) is 4.39 Å². The standard InChI is InChI=1S/C18H31FO3Si/c1-4-12-20-23(21-13-5-2,22-14-6-3)15-8-10-17-9-7-11-18(19)16-17/h7,9,11,16H,4-6,8,10,12-15H2,1-3H3. The number of halogens is 1. The van der Waals surface area contributed by atoms with Gasteiger partial charge in [-0.3, -0.25) is 0 Å². The summed E-state index contributed by atoms with van der Waals surface area (Å²) >= 11 is 0. The number of hydrogen-bond donors (Lipinski definition) is 0. The van der Waals surface area contributed by atoms with E-state index in [1.807, 2.05) is 6.07 Å². The Bertz CT molecular complexity index is 407. The number of hydrogen-bond acceptors (Lipinski definition) is 3. The largest absolute Gasteiger partial charge is 0.500 e. The minimum atomic E-state index is -2.62. The van der Waals surface area contributed by atoms with E-state index in [2.05, 4.69) is 20.8 Å². The van der Waals surface area contributed by atoms with Gasteiger partial charge < -0.3 is 13.3 Å². The molecule has 0 spiro atoms. The van der Waals surface area contributed by atoms with Gasteiger partial charge in [-0.1, -0.05) is 32.9 Å². The molecule has 0 bridgehead atoms. The molecular weight excluding hydrogens is 311 g/mol. The topological polar surface area (TPSA) is 27.7 Å². The summed E-state index contributed by atoms with van der Waals surface area (Å²) in [7, 11) is -2.62. The fourth-order valence-corrected chi connectivity index (χ4v) is 5.15. The molecule has 1 aromatic rings. The minimum absolute atomic E-state index is 0.183. The van der Waals surface area contributed by atoms with E-state index in [4.69, 9.17) is 13.3 Å². The zero-order valence-corrected chi connectivity index (χ0v) is 15.8. The smallest absolute Gasteiger partial charge is 0.373 e. The van der Waals surface area contributed by atoms with E-state index >= 15 is 0 Å². The predicted octanol–water partition coefficient (Wildman–Crippen LogP) is 4.98. The van der Waals surface area contributed by atoms with Crippen molar-refractivity contribution in [1.82, 2.24) is 0 Å². The SMILES string of the molecule is CCCO[Si](CCCc1cccc(F)c1)(OCCC)OCCC. The van der Waals surface area contributed by atoms with E-state index in [-0.39, 0.29) is 5.82 Å². The van der Waals surface area contributed by atoms with E-state index in [1.54, 1.807) is 12.1 Å². The van der Waals surface area contributed by atoms with E-state index in [1.165, 1.54) is 6.07 Å². The zero-order chi connectivity index (χ0) is 17.0. The first-order chi connectivity index (χ1) is 11.2. The van der Waals surface area contributed by atoms with Gasteiger partial charge in [-0.05, 0) is 49.8 Å². The van der Waals surface area contributed by atoms with Crippen LogP contribution in [-0.4, -0.2) is 28.6 Å². The fraction of sp³-hybridized carbons (Fsp3) is 0.667. The Balaban J connectivity index is 2.64. The molecule has 132 valence electrons. The number of rotatable bonds is 13. The molecule has 0 fully saturated rings. The summed E-state index contributed by atoms with van der Waals surface area (Å²) in [5.41, 5.74) is 1.01. The normalized spacial score (nSPS) is 11.8. The average Bonchev–Trinajstić information content (AvgIpc) is 2.56. The summed E-state index contributed by atoms with van der Waals surface area (Å²) in [5, 5.41) is 0. The molecule has 0 aliphatic carbocycles. The first-order valence-electron chi connectivity index (χ1n) is 8.82. The maximum Gasteiger partial charge on any atom is 0.500 e. The van der Waals surface area contributed by atoms with Crippen molar-refractivity contribution < 1.29 is 17.7 Å². The molecule has 0 atom stereocenters. The van der Waals surface area contributed by atoms with Gasteiger partial charge in [-0.15, -0.1) is 0 Å². The van der Waals surface area contributed by atoms with Crippen LogP contribution in [0.3, 0.4) is 0 Å². The molecule has 5 heteroatoms. The van der Waals surface area contributed by atoms with Crippen molar-refractivity contribution >= 4 is 8.80 Å². The summed E-state index contributed by atoms with van der Waals surface area (Å²) in [5.74, 6) is -0.183. The third-order valence-electron chi connectivity index (χ3n) is 3.42. The van der Waals surface area contributed by atoms with Gasteiger partial charge >= 0.3 is 8.80 Å². The van der Waals surface area contributed by atoms with Crippen LogP contribution in [0.15, 0.2) is 24.3 Å². The van der Waals surface area contributed by atoms with Gasteiger partial charge in [0.05, 0.1) is 0 Å². The van der Waals surface area contributed by atoms with Crippen molar-refractivity contribution in [2.45, 2.75) is 58.9 Å². The van der Waals surface area contributed by atoms with Gasteiger partial charge in [0.2, 0.25) is 0 Å². The van der Waals surface area contributed by atoms with Crippen LogP contribution in [0.1, 0.15) is 52.0 Å². The highest BCUT2D eigenvalue weighted by molar-refractivity contribution is 6.60. The maximum atomic E-state index is 13.3. The summed E-state index contributed by atoms with van der Waals surface area (Å²) in [6.07, 6.45) is 4.54. The van der Waals surface area contributed by atoms with Crippen molar-refractivity contribution in [3.05, 3.63) is 35.6 Å². The quantitative estimate of drug-likeness (QED) is 0.473. The highest BCUT2D eigenvalue weighted by atomic mass is 28.4. The van der Waals surface area contributed by atoms with Gasteiger partial charge in [0, 0.05) is 25.9 Å². The molecule has 0 amide bonds. The van der Waals surface area contributed by atoms with Crippen LogP contribution < -0.4 is 0 Å². The molecule has 0 aromatic heterocycles. The summed E-state index contributed by atoms with van der Waals surface area (Å²) in [4.78, 5) is 0. The lowest BCUT2D eigenvalue weighted by molar-refractivity contribution is 0.0588. The van der Waals surface area contributed by atoms with Gasteiger partial charge in [-0.2, -0.15) is 0 Å². The van der Waals surface area contributed by atoms with Crippen molar-refractivity contribution in [3.63, 3.8) is 0 Å². The monoisotopic (exact) mass is 342 g/mol. The van der Waals surface area contributed by atoms with Gasteiger partial charge in [0.1, 0.15) is 5.82 Å². The molecule has 0 saturated heterocycles. The third kappa shape index (κ3) is 8.06. The second-order valence-corrected chi connectivity index (χ2v) is 8.44. The van der Waals surface area contributed by atoms with Crippen LogP contribution >= 0.6 is 0 Å². The molecule has 1 aromatic carbocycles. The lowest BCUT2D eigenvalue weighted by Crippen LogP contribution is -2.46. The molecule has 0 aliphatic rings. The Morgan fingerprint density at radius 3 is 1.96 bits per heavy atom. The number of aryl methyl sites for hydroxylation is 1. The molecule has 0 unspecified atom stereocenters. The molecule has 0 saturated carbocycles. The van der Waals surface area contributed by atoms with Gasteiger partial charge in [0.15, 0.2) is 0 Å². The molecule has 0 radical (unpaired) electrons. The summed E-state index contributed by atoms with van der Waals surface area (Å²) in [6, 6.07) is 7.56. The van der Waals surface area contributed by atoms with Crippen LogP contribution in [0.4, 0.5) is 4.39 Å². The Morgan fingerprint density at radius 2 is 1.48 bits per heavy atom. The van der Waals surface area contributed by atoms with Crippen LogP contribution in [-0.2, 0) is 19.7 Å². The second-order valence-electron chi connectivity index (χ2n) is 5.71. The first-order valence-corrected chi connectivity index (χ1v) is 10.7. The van der Waals surface area contributed by atoms with Crippen molar-refractivity contribution in [2.75, 3.05) is 19.8 Å². The zero-order valence-electron chi connectivity index (χ0n) is 14.8. The second kappa shape index (κ2) is 11.7. The maximum absolute atomic E-state index is 13.3. The highest BCUT2D eigenvalue weighted by Crippen LogP contribution is 2.21. The molecule has 3 nitrogen and oxygen atoms in total. The summed E-state index contributed by atoms with van der Waals surface area (Å²) < 4.78 is 31.5. The predicted molar refractivity (Wildman–Crippen MR) is 94.0 cm³/mol. The van der Waals surface area contributed by atoms with E-state index in [9.17, 15) is 4.39 Å². The lowest BCUT2D eigenvalue weighted by Gasteiger charge is -2.29. The lowest BCUT2D eigenvalue weighted by atomic mass is 10.1. The molecular formula is C18H31FO3Si. The first kappa shape index (κ1) is 20.3. The van der Waals surface area contributed by atoms with Crippen molar-refractivity contribution in [3.8, 4) is 0 Å². The van der Waals surface area contributed by atoms with Crippen LogP contribution in [0, 0.1) is 5.82 Å². The Morgan fingerprint density at radius 1 is 0.913 bits per heavy atom. The van der Waals surface area contributed by atoms with Crippen LogP contribution in [0.2, 0.25) is 6.04 Å². The van der Waals surface area contributed by atoms with E-state index < -0.39 is 8.80 Å². The Hall–Kier alpha value is -0.753. The molecule has 0 aliphatic heterocycles. The van der Waals surface area contributed by atoms with E-state index in [0.717, 1.165) is 43.7 Å². The molecule has 0 heterocycles. The summed E-state index contributed by atoms with van der Waals surface area (Å²) in [6.45, 7) is 8.27. The van der Waals surface area contributed by atoms with Crippen LogP contribution in [0.5, 0.6) is 0 Å². The van der Waals surface area contributed by atoms with Crippen molar-refractivity contribution in [2.24, 2.45) is 0 Å². The molecule has 0 N–H and O–H groups in total. The Kier molecular flexibility index (Phi) is 10.4. The fourth-order valence-electron chi connectivity index (χ4n) is 2.32.